The molecule has 1 fully saturated rings. The summed E-state index contributed by atoms with van der Waals surface area (Å²) in [5.74, 6) is 1.97. The minimum absolute atomic E-state index is 0.0456. The Morgan fingerprint density at radius 3 is 2.83 bits per heavy atom. The van der Waals surface area contributed by atoms with Crippen LogP contribution in [0, 0.1) is 6.92 Å². The van der Waals surface area contributed by atoms with Crippen molar-refractivity contribution in [3.8, 4) is 28.5 Å². The van der Waals surface area contributed by atoms with Gasteiger partial charge in [-0.05, 0) is 37.0 Å². The Kier molecular flexibility index (Phi) is 4.72. The third-order valence-corrected chi connectivity index (χ3v) is 5.96. The molecular formula is C22H22ClN5O2. The predicted octanol–water partition coefficient (Wildman–Crippen LogP) is 4.62. The van der Waals surface area contributed by atoms with Crippen LogP contribution in [0.5, 0.6) is 5.75 Å². The highest BCUT2D eigenvalue weighted by molar-refractivity contribution is 6.33. The van der Waals surface area contributed by atoms with Crippen LogP contribution in [-0.2, 0) is 11.8 Å². The highest BCUT2D eigenvalue weighted by Gasteiger charge is 2.29. The number of aromatic nitrogens is 5. The Balaban J connectivity index is 1.79. The number of aryl methyl sites for hydroxylation is 1. The lowest BCUT2D eigenvalue weighted by molar-refractivity contribution is 0.113. The van der Waals surface area contributed by atoms with Crippen molar-refractivity contribution in [2.75, 3.05) is 13.7 Å². The van der Waals surface area contributed by atoms with Gasteiger partial charge >= 0.3 is 0 Å². The normalized spacial score (nSPS) is 16.5. The fourth-order valence-corrected chi connectivity index (χ4v) is 4.48. The Hall–Kier alpha value is -2.90. The molecule has 1 aliphatic rings. The number of fused-ring (bicyclic) bond motifs is 1. The molecule has 3 aromatic heterocycles. The van der Waals surface area contributed by atoms with E-state index in [-0.39, 0.29) is 6.10 Å². The van der Waals surface area contributed by atoms with E-state index in [1.54, 1.807) is 13.3 Å². The lowest BCUT2D eigenvalue weighted by atomic mass is 9.95. The lowest BCUT2D eigenvalue weighted by Gasteiger charge is -2.15. The van der Waals surface area contributed by atoms with Gasteiger partial charge in [-0.1, -0.05) is 23.7 Å². The molecule has 8 heteroatoms. The quantitative estimate of drug-likeness (QED) is 0.479. The van der Waals surface area contributed by atoms with Crippen LogP contribution in [0.1, 0.15) is 30.1 Å². The minimum Gasteiger partial charge on any atom is -0.496 e. The van der Waals surface area contributed by atoms with Gasteiger partial charge < -0.3 is 14.0 Å². The monoisotopic (exact) mass is 423 g/mol. The molecule has 4 aromatic rings. The van der Waals surface area contributed by atoms with E-state index in [1.165, 1.54) is 0 Å². The van der Waals surface area contributed by atoms with Gasteiger partial charge in [0.15, 0.2) is 11.0 Å². The van der Waals surface area contributed by atoms with Gasteiger partial charge in [0.1, 0.15) is 11.3 Å². The Morgan fingerprint density at radius 1 is 1.27 bits per heavy atom. The van der Waals surface area contributed by atoms with E-state index in [0.29, 0.717) is 16.8 Å². The standard InChI is InChI=1S/C22H22ClN5O2/c1-13-14(6-4-7-16(13)29-3)15-12-28-19(18(15)17-8-5-11-30-17)20(23)25-21(26-28)22-24-9-10-27(22)2/h4,6-7,9-10,12,17H,5,8,11H2,1-3H3/t17-/m1/s1. The first kappa shape index (κ1) is 19.1. The van der Waals surface area contributed by atoms with Gasteiger partial charge in [0, 0.05) is 43.4 Å². The van der Waals surface area contributed by atoms with Crippen molar-refractivity contribution in [3.63, 3.8) is 0 Å². The topological polar surface area (TPSA) is 66.5 Å². The molecule has 0 amide bonds. The van der Waals surface area contributed by atoms with Crippen molar-refractivity contribution < 1.29 is 9.47 Å². The van der Waals surface area contributed by atoms with Crippen molar-refractivity contribution in [1.29, 1.82) is 0 Å². The summed E-state index contributed by atoms with van der Waals surface area (Å²) in [6, 6.07) is 6.05. The van der Waals surface area contributed by atoms with Crippen LogP contribution in [0.15, 0.2) is 36.8 Å². The first-order valence-corrected chi connectivity index (χ1v) is 10.3. The number of methoxy groups -OCH3 is 1. The highest BCUT2D eigenvalue weighted by atomic mass is 35.5. The van der Waals surface area contributed by atoms with E-state index in [2.05, 4.69) is 23.0 Å². The van der Waals surface area contributed by atoms with Crippen molar-refractivity contribution in [1.82, 2.24) is 24.1 Å². The number of benzene rings is 1. The van der Waals surface area contributed by atoms with E-state index in [0.717, 1.165) is 53.0 Å². The first-order valence-electron chi connectivity index (χ1n) is 9.90. The summed E-state index contributed by atoms with van der Waals surface area (Å²) in [5, 5.41) is 5.13. The fraction of sp³-hybridized carbons (Fsp3) is 0.318. The maximum Gasteiger partial charge on any atom is 0.217 e. The van der Waals surface area contributed by atoms with E-state index < -0.39 is 0 Å². The average Bonchev–Trinajstić information content (AvgIpc) is 3.47. The van der Waals surface area contributed by atoms with Crippen LogP contribution in [0.4, 0.5) is 0 Å². The number of nitrogens with zero attached hydrogens (tertiary/aromatic N) is 5. The molecule has 0 N–H and O–H groups in total. The summed E-state index contributed by atoms with van der Waals surface area (Å²) in [4.78, 5) is 8.93. The van der Waals surface area contributed by atoms with Crippen LogP contribution in [0.2, 0.25) is 5.15 Å². The number of rotatable bonds is 4. The van der Waals surface area contributed by atoms with Gasteiger partial charge in [-0.2, -0.15) is 0 Å². The molecule has 154 valence electrons. The average molecular weight is 424 g/mol. The first-order chi connectivity index (χ1) is 14.6. The van der Waals surface area contributed by atoms with E-state index in [1.807, 2.05) is 40.7 Å². The predicted molar refractivity (Wildman–Crippen MR) is 115 cm³/mol. The van der Waals surface area contributed by atoms with Crippen LogP contribution in [0.3, 0.4) is 0 Å². The molecule has 0 aliphatic carbocycles. The number of ether oxygens (including phenoxy) is 2. The zero-order valence-corrected chi connectivity index (χ0v) is 17.8. The molecule has 0 saturated carbocycles. The molecule has 0 radical (unpaired) electrons. The summed E-state index contributed by atoms with van der Waals surface area (Å²) >= 11 is 6.72. The molecule has 7 nitrogen and oxygen atoms in total. The summed E-state index contributed by atoms with van der Waals surface area (Å²) in [6.45, 7) is 2.80. The number of imidazole rings is 1. The largest absolute Gasteiger partial charge is 0.496 e. The second-order valence-electron chi connectivity index (χ2n) is 7.47. The second-order valence-corrected chi connectivity index (χ2v) is 7.83. The van der Waals surface area contributed by atoms with Crippen LogP contribution >= 0.6 is 11.6 Å². The van der Waals surface area contributed by atoms with E-state index in [9.17, 15) is 0 Å². The van der Waals surface area contributed by atoms with Crippen molar-refractivity contribution in [2.24, 2.45) is 7.05 Å². The molecule has 0 spiro atoms. The molecule has 0 bridgehead atoms. The zero-order chi connectivity index (χ0) is 20.8. The molecule has 1 aromatic carbocycles. The smallest absolute Gasteiger partial charge is 0.217 e. The summed E-state index contributed by atoms with van der Waals surface area (Å²) < 4.78 is 15.3. The summed E-state index contributed by atoms with van der Waals surface area (Å²) in [7, 11) is 3.59. The van der Waals surface area contributed by atoms with Crippen LogP contribution in [0.25, 0.3) is 28.3 Å². The summed E-state index contributed by atoms with van der Waals surface area (Å²) in [6.07, 6.45) is 7.49. The SMILES string of the molecule is COc1cccc(-c2cn3nc(-c4nccn4C)nc(Cl)c3c2[C@H]2CCCO2)c1C. The maximum atomic E-state index is 6.72. The fourth-order valence-electron chi connectivity index (χ4n) is 4.21. The van der Waals surface area contributed by atoms with Gasteiger partial charge in [0.2, 0.25) is 5.82 Å². The van der Waals surface area contributed by atoms with Crippen molar-refractivity contribution >= 4 is 17.1 Å². The molecule has 1 atom stereocenters. The number of halogens is 1. The molecule has 1 saturated heterocycles. The molecule has 0 unspecified atom stereocenters. The molecule has 4 heterocycles. The minimum atomic E-state index is -0.0456. The van der Waals surface area contributed by atoms with Crippen LogP contribution in [-0.4, -0.2) is 37.9 Å². The molecule has 30 heavy (non-hydrogen) atoms. The van der Waals surface area contributed by atoms with Gasteiger partial charge in [-0.3, -0.25) is 0 Å². The van der Waals surface area contributed by atoms with E-state index in [4.69, 9.17) is 26.2 Å². The Morgan fingerprint density at radius 2 is 2.13 bits per heavy atom. The van der Waals surface area contributed by atoms with Crippen LogP contribution < -0.4 is 4.74 Å². The third kappa shape index (κ3) is 2.97. The maximum absolute atomic E-state index is 6.72. The number of hydrogen-bond acceptors (Lipinski definition) is 5. The van der Waals surface area contributed by atoms with Gasteiger partial charge in [-0.15, -0.1) is 5.10 Å². The molecule has 5 rings (SSSR count). The third-order valence-electron chi connectivity index (χ3n) is 5.69. The van der Waals surface area contributed by atoms with Crippen molar-refractivity contribution in [3.05, 3.63) is 53.1 Å². The van der Waals surface area contributed by atoms with Gasteiger partial charge in [0.25, 0.3) is 0 Å². The zero-order valence-electron chi connectivity index (χ0n) is 17.1. The molecule has 1 aliphatic heterocycles. The van der Waals surface area contributed by atoms with Gasteiger partial charge in [0.05, 0.1) is 13.2 Å². The summed E-state index contributed by atoms with van der Waals surface area (Å²) in [5.41, 5.74) is 4.97. The Bertz CT molecular complexity index is 1240. The van der Waals surface area contributed by atoms with Gasteiger partial charge in [-0.25, -0.2) is 14.5 Å². The highest BCUT2D eigenvalue weighted by Crippen LogP contribution is 2.43. The van der Waals surface area contributed by atoms with Crippen molar-refractivity contribution in [2.45, 2.75) is 25.9 Å². The Labute approximate surface area is 179 Å². The second kappa shape index (κ2) is 7.41. The van der Waals surface area contributed by atoms with E-state index >= 15 is 0 Å². The lowest BCUT2D eigenvalue weighted by Crippen LogP contribution is -2.04. The molecular weight excluding hydrogens is 402 g/mol. The number of hydrogen-bond donors (Lipinski definition) is 0.